The third-order valence-electron chi connectivity index (χ3n) is 2.48. The Morgan fingerprint density at radius 2 is 2.38 bits per heavy atom. The van der Waals surface area contributed by atoms with Crippen molar-refractivity contribution in [1.82, 2.24) is 0 Å². The molecule has 0 bridgehead atoms. The van der Waals surface area contributed by atoms with Crippen LogP contribution in [0.2, 0.25) is 0 Å². The van der Waals surface area contributed by atoms with E-state index in [1.165, 1.54) is 0 Å². The van der Waals surface area contributed by atoms with E-state index in [-0.39, 0.29) is 0 Å². The lowest BCUT2D eigenvalue weighted by atomic mass is 10.1. The maximum absolute atomic E-state index is 5.64. The number of rotatable bonds is 6. The average molecular weight is 220 g/mol. The Kier molecular flexibility index (Phi) is 3.47. The highest BCUT2D eigenvalue weighted by Gasteiger charge is 2.25. The maximum atomic E-state index is 5.64. The van der Waals surface area contributed by atoms with E-state index in [1.807, 2.05) is 18.2 Å². The standard InChI is InChI=1S/C13H16O3/c1-3-7-15-13-10(8-11-9-16-11)5-4-6-12(13)14-2/h3-6,11H,1,7-9H2,2H3. The predicted octanol–water partition coefficient (Wildman–Crippen LogP) is 2.20. The van der Waals surface area contributed by atoms with Gasteiger partial charge < -0.3 is 14.2 Å². The molecule has 0 N–H and O–H groups in total. The lowest BCUT2D eigenvalue weighted by molar-refractivity contribution is 0.321. The zero-order chi connectivity index (χ0) is 11.4. The van der Waals surface area contributed by atoms with Crippen molar-refractivity contribution in [2.24, 2.45) is 0 Å². The number of hydrogen-bond donors (Lipinski definition) is 0. The van der Waals surface area contributed by atoms with E-state index in [2.05, 4.69) is 6.58 Å². The molecule has 1 atom stereocenters. The Morgan fingerprint density at radius 1 is 1.56 bits per heavy atom. The first-order valence-corrected chi connectivity index (χ1v) is 5.36. The van der Waals surface area contributed by atoms with Crippen LogP contribution in [0.25, 0.3) is 0 Å². The van der Waals surface area contributed by atoms with E-state index in [0.29, 0.717) is 12.7 Å². The molecule has 0 radical (unpaired) electrons. The van der Waals surface area contributed by atoms with Gasteiger partial charge in [0.25, 0.3) is 0 Å². The van der Waals surface area contributed by atoms with Crippen LogP contribution in [0, 0.1) is 0 Å². The van der Waals surface area contributed by atoms with Gasteiger partial charge in [0.1, 0.15) is 6.61 Å². The van der Waals surface area contributed by atoms with Gasteiger partial charge in [-0.15, -0.1) is 0 Å². The summed E-state index contributed by atoms with van der Waals surface area (Å²) in [5.41, 5.74) is 1.13. The van der Waals surface area contributed by atoms with Crippen LogP contribution >= 0.6 is 0 Å². The van der Waals surface area contributed by atoms with Gasteiger partial charge in [-0.2, -0.15) is 0 Å². The number of para-hydroxylation sites is 1. The molecule has 1 saturated heterocycles. The molecule has 1 aromatic rings. The highest BCUT2D eigenvalue weighted by molar-refractivity contribution is 5.47. The molecule has 1 fully saturated rings. The number of hydrogen-bond acceptors (Lipinski definition) is 3. The summed E-state index contributed by atoms with van der Waals surface area (Å²) in [6.45, 7) is 4.97. The summed E-state index contributed by atoms with van der Waals surface area (Å²) in [6, 6.07) is 5.91. The van der Waals surface area contributed by atoms with Gasteiger partial charge in [-0.25, -0.2) is 0 Å². The van der Waals surface area contributed by atoms with Crippen molar-refractivity contribution >= 4 is 0 Å². The summed E-state index contributed by atoms with van der Waals surface area (Å²) in [6.07, 6.45) is 2.95. The second-order valence-electron chi connectivity index (χ2n) is 3.71. The van der Waals surface area contributed by atoms with E-state index in [1.54, 1.807) is 13.2 Å². The second kappa shape index (κ2) is 5.03. The Bertz CT molecular complexity index is 369. The number of ether oxygens (including phenoxy) is 3. The molecule has 16 heavy (non-hydrogen) atoms. The summed E-state index contributed by atoms with van der Waals surface area (Å²) in [4.78, 5) is 0. The molecule has 0 spiro atoms. The molecule has 0 aliphatic carbocycles. The number of methoxy groups -OCH3 is 1. The summed E-state index contributed by atoms with van der Waals surface area (Å²) in [7, 11) is 1.65. The number of epoxide rings is 1. The van der Waals surface area contributed by atoms with Crippen LogP contribution < -0.4 is 9.47 Å². The summed E-state index contributed by atoms with van der Waals surface area (Å²) >= 11 is 0. The van der Waals surface area contributed by atoms with Gasteiger partial charge in [-0.05, 0) is 6.07 Å². The molecule has 1 aliphatic heterocycles. The molecule has 3 nitrogen and oxygen atoms in total. The summed E-state index contributed by atoms with van der Waals surface area (Å²) in [5, 5.41) is 0. The van der Waals surface area contributed by atoms with Crippen molar-refractivity contribution in [3.05, 3.63) is 36.4 Å². The molecule has 1 aliphatic rings. The van der Waals surface area contributed by atoms with Gasteiger partial charge in [-0.1, -0.05) is 24.8 Å². The average Bonchev–Trinajstić information content (AvgIpc) is 3.11. The first-order chi connectivity index (χ1) is 7.85. The monoisotopic (exact) mass is 220 g/mol. The van der Waals surface area contributed by atoms with Crippen LogP contribution in [0.4, 0.5) is 0 Å². The fourth-order valence-electron chi connectivity index (χ4n) is 1.62. The van der Waals surface area contributed by atoms with Crippen LogP contribution in [0.1, 0.15) is 5.56 Å². The molecule has 0 amide bonds. The lowest BCUT2D eigenvalue weighted by Gasteiger charge is -2.13. The van der Waals surface area contributed by atoms with E-state index in [4.69, 9.17) is 14.2 Å². The predicted molar refractivity (Wildman–Crippen MR) is 62.1 cm³/mol. The fraction of sp³-hybridized carbons (Fsp3) is 0.385. The molecular weight excluding hydrogens is 204 g/mol. The minimum Gasteiger partial charge on any atom is -0.493 e. The summed E-state index contributed by atoms with van der Waals surface area (Å²) in [5.74, 6) is 1.57. The third kappa shape index (κ3) is 2.55. The Hall–Kier alpha value is -1.48. The molecule has 86 valence electrons. The van der Waals surface area contributed by atoms with Crippen LogP contribution in [0.3, 0.4) is 0 Å². The van der Waals surface area contributed by atoms with Gasteiger partial charge in [0.15, 0.2) is 11.5 Å². The second-order valence-corrected chi connectivity index (χ2v) is 3.71. The minimum atomic E-state index is 0.346. The molecule has 3 heteroatoms. The molecule has 0 saturated carbocycles. The summed E-state index contributed by atoms with van der Waals surface area (Å²) < 4.78 is 16.2. The lowest BCUT2D eigenvalue weighted by Crippen LogP contribution is -2.02. The molecular formula is C13H16O3. The van der Waals surface area contributed by atoms with Gasteiger partial charge in [-0.3, -0.25) is 0 Å². The van der Waals surface area contributed by atoms with Crippen LogP contribution in [-0.4, -0.2) is 26.4 Å². The Morgan fingerprint density at radius 3 is 3.00 bits per heavy atom. The zero-order valence-corrected chi connectivity index (χ0v) is 9.44. The number of benzene rings is 1. The van der Waals surface area contributed by atoms with Gasteiger partial charge in [0, 0.05) is 12.0 Å². The van der Waals surface area contributed by atoms with E-state index in [0.717, 1.165) is 30.1 Å². The molecule has 0 aromatic heterocycles. The topological polar surface area (TPSA) is 31.0 Å². The Labute approximate surface area is 95.6 Å². The third-order valence-corrected chi connectivity index (χ3v) is 2.48. The van der Waals surface area contributed by atoms with Gasteiger partial charge in [0.2, 0.25) is 0 Å². The highest BCUT2D eigenvalue weighted by Crippen LogP contribution is 2.33. The van der Waals surface area contributed by atoms with Crippen molar-refractivity contribution in [3.63, 3.8) is 0 Å². The molecule has 2 rings (SSSR count). The van der Waals surface area contributed by atoms with Crippen molar-refractivity contribution in [1.29, 1.82) is 0 Å². The molecule has 1 aromatic carbocycles. The quantitative estimate of drug-likeness (QED) is 0.544. The first kappa shape index (κ1) is 11.0. The van der Waals surface area contributed by atoms with E-state index < -0.39 is 0 Å². The van der Waals surface area contributed by atoms with Crippen LogP contribution in [0.15, 0.2) is 30.9 Å². The molecule has 1 heterocycles. The van der Waals surface area contributed by atoms with E-state index in [9.17, 15) is 0 Å². The maximum Gasteiger partial charge on any atom is 0.164 e. The SMILES string of the molecule is C=CCOc1c(CC2CO2)cccc1OC. The van der Waals surface area contributed by atoms with Crippen molar-refractivity contribution < 1.29 is 14.2 Å². The normalized spacial score (nSPS) is 17.9. The first-order valence-electron chi connectivity index (χ1n) is 5.36. The Balaban J connectivity index is 2.21. The smallest absolute Gasteiger partial charge is 0.164 e. The van der Waals surface area contributed by atoms with E-state index >= 15 is 0 Å². The molecule has 1 unspecified atom stereocenters. The highest BCUT2D eigenvalue weighted by atomic mass is 16.6. The fourth-order valence-corrected chi connectivity index (χ4v) is 1.62. The van der Waals surface area contributed by atoms with Gasteiger partial charge in [0.05, 0.1) is 19.8 Å². The largest absolute Gasteiger partial charge is 0.493 e. The van der Waals surface area contributed by atoms with Crippen LogP contribution in [0.5, 0.6) is 11.5 Å². The van der Waals surface area contributed by atoms with Crippen molar-refractivity contribution in [2.45, 2.75) is 12.5 Å². The minimum absolute atomic E-state index is 0.346. The van der Waals surface area contributed by atoms with Gasteiger partial charge >= 0.3 is 0 Å². The zero-order valence-electron chi connectivity index (χ0n) is 9.44. The van der Waals surface area contributed by atoms with Crippen LogP contribution in [-0.2, 0) is 11.2 Å². The van der Waals surface area contributed by atoms with Crippen molar-refractivity contribution in [3.8, 4) is 11.5 Å². The van der Waals surface area contributed by atoms with Crippen molar-refractivity contribution in [2.75, 3.05) is 20.3 Å².